The Morgan fingerprint density at radius 3 is 2.64 bits per heavy atom. The number of fused-ring (bicyclic) bond motifs is 3. The van der Waals surface area contributed by atoms with Gasteiger partial charge in [-0.15, -0.1) is 0 Å². The van der Waals surface area contributed by atoms with E-state index in [1.807, 2.05) is 45.0 Å². The topological polar surface area (TPSA) is 43.4 Å². The minimum Gasteiger partial charge on any atom is -0.459 e. The molecule has 3 heteroatoms. The van der Waals surface area contributed by atoms with E-state index in [4.69, 9.17) is 4.74 Å². The molecule has 0 N–H and O–H groups in total. The number of benzene rings is 1. The Morgan fingerprint density at radius 2 is 1.91 bits per heavy atom. The lowest BCUT2D eigenvalue weighted by Crippen LogP contribution is -2.46. The van der Waals surface area contributed by atoms with Crippen LogP contribution in [0.15, 0.2) is 35.9 Å². The SMILES string of the molecule is CC(C)(C)OC(=O)C12CCCCC1=CC(=O)c1ccccc12. The van der Waals surface area contributed by atoms with Crippen LogP contribution in [-0.2, 0) is 14.9 Å². The maximum absolute atomic E-state index is 13.1. The normalized spacial score (nSPS) is 24.1. The summed E-state index contributed by atoms with van der Waals surface area (Å²) in [5.41, 5.74) is 1.09. The number of ether oxygens (including phenoxy) is 1. The Labute approximate surface area is 131 Å². The second-order valence-electron chi connectivity index (χ2n) is 7.19. The van der Waals surface area contributed by atoms with Crippen LogP contribution in [-0.4, -0.2) is 17.4 Å². The van der Waals surface area contributed by atoms with Gasteiger partial charge in [0.15, 0.2) is 5.78 Å². The van der Waals surface area contributed by atoms with Crippen LogP contribution in [0.2, 0.25) is 0 Å². The van der Waals surface area contributed by atoms with Gasteiger partial charge in [-0.3, -0.25) is 9.59 Å². The van der Waals surface area contributed by atoms with Gasteiger partial charge < -0.3 is 4.74 Å². The van der Waals surface area contributed by atoms with Crippen molar-refractivity contribution in [1.29, 1.82) is 0 Å². The second-order valence-corrected chi connectivity index (χ2v) is 7.19. The molecule has 1 atom stereocenters. The van der Waals surface area contributed by atoms with Gasteiger partial charge in [0.05, 0.1) is 0 Å². The first-order chi connectivity index (χ1) is 10.3. The molecule has 3 nitrogen and oxygen atoms in total. The summed E-state index contributed by atoms with van der Waals surface area (Å²) in [6.07, 6.45) is 5.17. The van der Waals surface area contributed by atoms with Gasteiger partial charge in [0.2, 0.25) is 0 Å². The highest BCUT2D eigenvalue weighted by Gasteiger charge is 2.50. The highest BCUT2D eigenvalue weighted by atomic mass is 16.6. The summed E-state index contributed by atoms with van der Waals surface area (Å²) < 4.78 is 5.74. The second kappa shape index (κ2) is 5.08. The van der Waals surface area contributed by atoms with E-state index in [0.29, 0.717) is 5.56 Å². The number of esters is 1. The van der Waals surface area contributed by atoms with Crippen molar-refractivity contribution in [3.8, 4) is 0 Å². The van der Waals surface area contributed by atoms with Crippen molar-refractivity contribution >= 4 is 11.8 Å². The van der Waals surface area contributed by atoms with E-state index in [1.54, 1.807) is 6.08 Å². The fourth-order valence-electron chi connectivity index (χ4n) is 3.60. The summed E-state index contributed by atoms with van der Waals surface area (Å²) >= 11 is 0. The monoisotopic (exact) mass is 298 g/mol. The number of carbonyl (C=O) groups excluding carboxylic acids is 2. The Bertz CT molecular complexity index is 664. The van der Waals surface area contributed by atoms with Crippen molar-refractivity contribution in [3.63, 3.8) is 0 Å². The fourth-order valence-corrected chi connectivity index (χ4v) is 3.60. The lowest BCUT2D eigenvalue weighted by molar-refractivity contribution is -0.161. The summed E-state index contributed by atoms with van der Waals surface area (Å²) in [4.78, 5) is 25.4. The van der Waals surface area contributed by atoms with Gasteiger partial charge in [-0.1, -0.05) is 30.7 Å². The minimum absolute atomic E-state index is 0.00619. The van der Waals surface area contributed by atoms with E-state index >= 15 is 0 Å². The molecule has 3 rings (SSSR count). The molecule has 1 fully saturated rings. The maximum atomic E-state index is 13.1. The number of rotatable bonds is 1. The molecule has 0 bridgehead atoms. The highest BCUT2D eigenvalue weighted by molar-refractivity contribution is 6.11. The predicted octanol–water partition coefficient (Wildman–Crippen LogP) is 3.96. The van der Waals surface area contributed by atoms with Crippen molar-refractivity contribution < 1.29 is 14.3 Å². The molecular formula is C19H22O3. The first-order valence-corrected chi connectivity index (χ1v) is 7.93. The predicted molar refractivity (Wildman–Crippen MR) is 84.8 cm³/mol. The zero-order valence-corrected chi connectivity index (χ0v) is 13.4. The van der Waals surface area contributed by atoms with Crippen molar-refractivity contribution in [2.45, 2.75) is 57.5 Å². The Balaban J connectivity index is 2.17. The molecule has 0 spiro atoms. The molecule has 1 saturated carbocycles. The number of ketones is 1. The molecule has 0 heterocycles. The third-order valence-corrected chi connectivity index (χ3v) is 4.50. The van der Waals surface area contributed by atoms with Gasteiger partial charge >= 0.3 is 5.97 Å². The number of hydrogen-bond acceptors (Lipinski definition) is 3. The van der Waals surface area contributed by atoms with Crippen molar-refractivity contribution in [1.82, 2.24) is 0 Å². The average Bonchev–Trinajstić information content (AvgIpc) is 2.46. The molecular weight excluding hydrogens is 276 g/mol. The van der Waals surface area contributed by atoms with E-state index in [2.05, 4.69) is 0 Å². The molecule has 1 aromatic rings. The minimum atomic E-state index is -0.768. The van der Waals surface area contributed by atoms with Gasteiger partial charge in [-0.05, 0) is 57.2 Å². The van der Waals surface area contributed by atoms with Gasteiger partial charge in [0, 0.05) is 5.56 Å². The van der Waals surface area contributed by atoms with Crippen LogP contribution in [0.1, 0.15) is 62.4 Å². The van der Waals surface area contributed by atoms with Crippen LogP contribution >= 0.6 is 0 Å². The Hall–Kier alpha value is -1.90. The van der Waals surface area contributed by atoms with E-state index in [1.165, 1.54) is 0 Å². The zero-order valence-electron chi connectivity index (χ0n) is 13.4. The Kier molecular flexibility index (Phi) is 3.47. The molecule has 1 aromatic carbocycles. The van der Waals surface area contributed by atoms with E-state index < -0.39 is 11.0 Å². The third kappa shape index (κ3) is 2.29. The summed E-state index contributed by atoms with van der Waals surface area (Å²) in [7, 11) is 0. The van der Waals surface area contributed by atoms with Gasteiger partial charge in [-0.25, -0.2) is 0 Å². The lowest BCUT2D eigenvalue weighted by Gasteiger charge is -2.42. The maximum Gasteiger partial charge on any atom is 0.321 e. The smallest absolute Gasteiger partial charge is 0.321 e. The molecule has 0 radical (unpaired) electrons. The van der Waals surface area contributed by atoms with Gasteiger partial charge in [-0.2, -0.15) is 0 Å². The van der Waals surface area contributed by atoms with Crippen LogP contribution in [0.4, 0.5) is 0 Å². The summed E-state index contributed by atoms with van der Waals surface area (Å²) in [5, 5.41) is 0. The largest absolute Gasteiger partial charge is 0.459 e. The van der Waals surface area contributed by atoms with Crippen LogP contribution in [0.5, 0.6) is 0 Å². The molecule has 22 heavy (non-hydrogen) atoms. The van der Waals surface area contributed by atoms with E-state index in [-0.39, 0.29) is 11.8 Å². The van der Waals surface area contributed by atoms with Gasteiger partial charge in [0.25, 0.3) is 0 Å². The fraction of sp³-hybridized carbons (Fsp3) is 0.474. The number of allylic oxidation sites excluding steroid dienone is 1. The first kappa shape index (κ1) is 15.0. The third-order valence-electron chi connectivity index (χ3n) is 4.50. The summed E-state index contributed by atoms with van der Waals surface area (Å²) in [5.74, 6) is -0.211. The Morgan fingerprint density at radius 1 is 1.18 bits per heavy atom. The molecule has 0 aliphatic heterocycles. The average molecular weight is 298 g/mol. The van der Waals surface area contributed by atoms with Crippen LogP contribution in [0.25, 0.3) is 0 Å². The van der Waals surface area contributed by atoms with Crippen LogP contribution in [0, 0.1) is 0 Å². The summed E-state index contributed by atoms with van der Waals surface area (Å²) in [6, 6.07) is 7.47. The molecule has 1 unspecified atom stereocenters. The molecule has 116 valence electrons. The number of hydrogen-bond donors (Lipinski definition) is 0. The van der Waals surface area contributed by atoms with E-state index in [9.17, 15) is 9.59 Å². The molecule has 2 aliphatic carbocycles. The molecule has 2 aliphatic rings. The van der Waals surface area contributed by atoms with Crippen LogP contribution in [0.3, 0.4) is 0 Å². The van der Waals surface area contributed by atoms with Gasteiger partial charge in [0.1, 0.15) is 11.0 Å². The number of carbonyl (C=O) groups is 2. The molecule has 0 amide bonds. The van der Waals surface area contributed by atoms with Crippen molar-refractivity contribution in [2.75, 3.05) is 0 Å². The standard InChI is InChI=1S/C19H22O3/c1-18(2,3)22-17(21)19-11-7-6-8-13(19)12-16(20)14-9-4-5-10-15(14)19/h4-5,9-10,12H,6-8,11H2,1-3H3. The zero-order chi connectivity index (χ0) is 16.0. The molecule has 0 aromatic heterocycles. The van der Waals surface area contributed by atoms with E-state index in [0.717, 1.165) is 36.8 Å². The first-order valence-electron chi connectivity index (χ1n) is 7.93. The molecule has 0 saturated heterocycles. The van der Waals surface area contributed by atoms with Crippen LogP contribution < -0.4 is 0 Å². The highest BCUT2D eigenvalue weighted by Crippen LogP contribution is 2.48. The lowest BCUT2D eigenvalue weighted by atomic mass is 9.62. The summed E-state index contributed by atoms with van der Waals surface area (Å²) in [6.45, 7) is 5.65. The van der Waals surface area contributed by atoms with Crippen molar-refractivity contribution in [2.24, 2.45) is 0 Å². The quantitative estimate of drug-likeness (QED) is 0.737. The van der Waals surface area contributed by atoms with Crippen molar-refractivity contribution in [3.05, 3.63) is 47.0 Å².